The van der Waals surface area contributed by atoms with Crippen LogP contribution in [0, 0.1) is 0 Å². The Hall–Kier alpha value is -1.88. The van der Waals surface area contributed by atoms with Crippen molar-refractivity contribution in [2.24, 2.45) is 0 Å². The molecule has 19 heavy (non-hydrogen) atoms. The molecule has 0 spiro atoms. The van der Waals surface area contributed by atoms with E-state index in [1.807, 2.05) is 40.9 Å². The number of rotatable bonds is 3. The molecule has 0 saturated carbocycles. The molecule has 0 radical (unpaired) electrons. The molecule has 3 rings (SSSR count). The van der Waals surface area contributed by atoms with Gasteiger partial charge in [0.15, 0.2) is 10.3 Å². The van der Waals surface area contributed by atoms with Crippen LogP contribution in [0.1, 0.15) is 11.4 Å². The minimum Gasteiger partial charge on any atom is -0.497 e. The van der Waals surface area contributed by atoms with Gasteiger partial charge in [0.2, 0.25) is 0 Å². The summed E-state index contributed by atoms with van der Waals surface area (Å²) in [5, 5.41) is 0. The van der Waals surface area contributed by atoms with E-state index in [0.717, 1.165) is 28.2 Å². The third-order valence-electron chi connectivity index (χ3n) is 2.96. The van der Waals surface area contributed by atoms with E-state index in [2.05, 4.69) is 25.9 Å². The number of aromatic nitrogens is 3. The molecule has 0 aliphatic carbocycles. The molecule has 0 bridgehead atoms. The molecule has 3 aromatic rings. The summed E-state index contributed by atoms with van der Waals surface area (Å²) in [6.45, 7) is 0. The third kappa shape index (κ3) is 2.33. The highest BCUT2D eigenvalue weighted by atomic mass is 79.9. The maximum atomic E-state index is 5.16. The summed E-state index contributed by atoms with van der Waals surface area (Å²) in [7, 11) is 1.67. The van der Waals surface area contributed by atoms with Gasteiger partial charge in [0.25, 0.3) is 0 Å². The first-order valence-electron chi connectivity index (χ1n) is 5.88. The fourth-order valence-electron chi connectivity index (χ4n) is 2.00. The van der Waals surface area contributed by atoms with Crippen molar-refractivity contribution < 1.29 is 4.74 Å². The average molecular weight is 318 g/mol. The Bertz CT molecular complexity index is 706. The second-order valence-electron chi connectivity index (χ2n) is 4.16. The second-order valence-corrected chi connectivity index (χ2v) is 4.91. The van der Waals surface area contributed by atoms with Crippen molar-refractivity contribution in [3.05, 3.63) is 58.7 Å². The predicted molar refractivity (Wildman–Crippen MR) is 76.5 cm³/mol. The Morgan fingerprint density at radius 2 is 2.05 bits per heavy atom. The Labute approximate surface area is 119 Å². The summed E-state index contributed by atoms with van der Waals surface area (Å²) in [5.74, 6) is 1.82. The number of fused-ring (bicyclic) bond motifs is 1. The van der Waals surface area contributed by atoms with Gasteiger partial charge >= 0.3 is 0 Å². The summed E-state index contributed by atoms with van der Waals surface area (Å²) in [6.07, 6.45) is 4.49. The van der Waals surface area contributed by atoms with Gasteiger partial charge in [0, 0.05) is 18.8 Å². The normalized spacial score (nSPS) is 10.8. The molecule has 0 aliphatic rings. The highest BCUT2D eigenvalue weighted by molar-refractivity contribution is 9.10. The van der Waals surface area contributed by atoms with E-state index >= 15 is 0 Å². The van der Waals surface area contributed by atoms with E-state index in [4.69, 9.17) is 4.74 Å². The predicted octanol–water partition coefficient (Wildman–Crippen LogP) is 3.09. The van der Waals surface area contributed by atoms with Crippen LogP contribution in [0.5, 0.6) is 5.75 Å². The first-order chi connectivity index (χ1) is 9.28. The molecule has 0 fully saturated rings. The van der Waals surface area contributed by atoms with Crippen LogP contribution in [0.2, 0.25) is 0 Å². The van der Waals surface area contributed by atoms with Gasteiger partial charge in [-0.2, -0.15) is 0 Å². The highest BCUT2D eigenvalue weighted by Crippen LogP contribution is 2.19. The Balaban J connectivity index is 1.96. The monoisotopic (exact) mass is 317 g/mol. The van der Waals surface area contributed by atoms with Crippen molar-refractivity contribution >= 4 is 21.6 Å². The van der Waals surface area contributed by atoms with Gasteiger partial charge in [-0.25, -0.2) is 9.97 Å². The molecular formula is C14H12BrN3O. The van der Waals surface area contributed by atoms with Gasteiger partial charge in [-0.1, -0.05) is 12.1 Å². The van der Waals surface area contributed by atoms with Crippen LogP contribution >= 0.6 is 15.9 Å². The van der Waals surface area contributed by atoms with Gasteiger partial charge in [0.1, 0.15) is 11.6 Å². The largest absolute Gasteiger partial charge is 0.497 e. The lowest BCUT2D eigenvalue weighted by Crippen LogP contribution is -1.96. The molecule has 0 aliphatic heterocycles. The zero-order valence-electron chi connectivity index (χ0n) is 10.4. The van der Waals surface area contributed by atoms with E-state index < -0.39 is 0 Å². The molecule has 0 unspecified atom stereocenters. The van der Waals surface area contributed by atoms with Crippen LogP contribution in [0.3, 0.4) is 0 Å². The topological polar surface area (TPSA) is 39.4 Å². The van der Waals surface area contributed by atoms with Gasteiger partial charge in [-0.3, -0.25) is 4.40 Å². The van der Waals surface area contributed by atoms with Gasteiger partial charge in [-0.15, -0.1) is 0 Å². The van der Waals surface area contributed by atoms with Crippen molar-refractivity contribution in [1.29, 1.82) is 0 Å². The van der Waals surface area contributed by atoms with E-state index in [9.17, 15) is 0 Å². The molecule has 2 aromatic heterocycles. The molecule has 5 heteroatoms. The van der Waals surface area contributed by atoms with Crippen molar-refractivity contribution in [1.82, 2.24) is 14.4 Å². The maximum absolute atomic E-state index is 5.16. The minimum atomic E-state index is 0.752. The summed E-state index contributed by atoms with van der Waals surface area (Å²) < 4.78 is 7.92. The molecule has 4 nitrogen and oxygen atoms in total. The summed E-state index contributed by atoms with van der Waals surface area (Å²) in [5.41, 5.74) is 2.02. The van der Waals surface area contributed by atoms with Gasteiger partial charge in [-0.05, 0) is 39.7 Å². The average Bonchev–Trinajstić information content (AvgIpc) is 2.77. The zero-order chi connectivity index (χ0) is 13.2. The van der Waals surface area contributed by atoms with Gasteiger partial charge in [0.05, 0.1) is 7.11 Å². The number of ether oxygens (including phenoxy) is 1. The number of nitrogens with zero attached hydrogens (tertiary/aromatic N) is 3. The van der Waals surface area contributed by atoms with Crippen LogP contribution in [0.15, 0.2) is 47.3 Å². The molecule has 0 N–H and O–H groups in total. The van der Waals surface area contributed by atoms with Gasteiger partial charge < -0.3 is 4.74 Å². The Morgan fingerprint density at radius 1 is 1.26 bits per heavy atom. The van der Waals surface area contributed by atoms with Crippen molar-refractivity contribution in [2.45, 2.75) is 6.42 Å². The van der Waals surface area contributed by atoms with Crippen molar-refractivity contribution in [3.8, 4) is 5.75 Å². The third-order valence-corrected chi connectivity index (χ3v) is 3.49. The maximum Gasteiger partial charge on any atom is 0.171 e. The first-order valence-corrected chi connectivity index (χ1v) is 6.67. The van der Waals surface area contributed by atoms with E-state index in [-0.39, 0.29) is 0 Å². The SMILES string of the molecule is COc1ccc(Cc2nc(Br)c3ncccn23)cc1. The zero-order valence-corrected chi connectivity index (χ0v) is 12.0. The number of hydrogen-bond acceptors (Lipinski definition) is 3. The fourth-order valence-corrected chi connectivity index (χ4v) is 2.50. The van der Waals surface area contributed by atoms with E-state index in [1.165, 1.54) is 5.56 Å². The first kappa shape index (κ1) is 12.2. The lowest BCUT2D eigenvalue weighted by atomic mass is 10.1. The van der Waals surface area contributed by atoms with Crippen LogP contribution in [-0.4, -0.2) is 21.5 Å². The Morgan fingerprint density at radius 3 is 2.79 bits per heavy atom. The fraction of sp³-hybridized carbons (Fsp3) is 0.143. The lowest BCUT2D eigenvalue weighted by molar-refractivity contribution is 0.414. The van der Waals surface area contributed by atoms with Crippen molar-refractivity contribution in [3.63, 3.8) is 0 Å². The summed E-state index contributed by atoms with van der Waals surface area (Å²) in [4.78, 5) is 8.82. The summed E-state index contributed by atoms with van der Waals surface area (Å²) >= 11 is 3.44. The number of benzene rings is 1. The van der Waals surface area contributed by atoms with Crippen LogP contribution in [-0.2, 0) is 6.42 Å². The smallest absolute Gasteiger partial charge is 0.171 e. The number of imidazole rings is 1. The van der Waals surface area contributed by atoms with E-state index in [0.29, 0.717) is 0 Å². The summed E-state index contributed by atoms with van der Waals surface area (Å²) in [6, 6.07) is 9.91. The van der Waals surface area contributed by atoms with Crippen LogP contribution in [0.4, 0.5) is 0 Å². The molecule has 0 atom stereocenters. The molecule has 0 amide bonds. The molecule has 0 saturated heterocycles. The second kappa shape index (κ2) is 5.01. The molecule has 1 aromatic carbocycles. The minimum absolute atomic E-state index is 0.752. The standard InChI is InChI=1S/C14H12BrN3O/c1-19-11-5-3-10(4-6-11)9-12-17-13(15)14-16-7-2-8-18(12)14/h2-8H,9H2,1H3. The Kier molecular flexibility index (Phi) is 3.21. The number of halogens is 1. The molecule has 96 valence electrons. The molecule has 2 heterocycles. The quantitative estimate of drug-likeness (QED) is 0.745. The highest BCUT2D eigenvalue weighted by Gasteiger charge is 2.09. The van der Waals surface area contributed by atoms with E-state index in [1.54, 1.807) is 13.3 Å². The van der Waals surface area contributed by atoms with Crippen LogP contribution in [0.25, 0.3) is 5.65 Å². The van der Waals surface area contributed by atoms with Crippen molar-refractivity contribution in [2.75, 3.05) is 7.11 Å². The molecular weight excluding hydrogens is 306 g/mol. The van der Waals surface area contributed by atoms with Crippen LogP contribution < -0.4 is 4.74 Å². The number of hydrogen-bond donors (Lipinski definition) is 0. The number of methoxy groups -OCH3 is 1. The lowest BCUT2D eigenvalue weighted by Gasteiger charge is -2.03.